The van der Waals surface area contributed by atoms with Crippen molar-refractivity contribution in [2.45, 2.75) is 65.1 Å². The molecule has 2 atom stereocenters. The van der Waals surface area contributed by atoms with Crippen LogP contribution in [0.4, 0.5) is 0 Å². The minimum atomic E-state index is 0.322. The lowest BCUT2D eigenvalue weighted by Crippen LogP contribution is -2.26. The third-order valence-electron chi connectivity index (χ3n) is 4.15. The quantitative estimate of drug-likeness (QED) is 0.854. The molecule has 21 heavy (non-hydrogen) atoms. The maximum Gasteiger partial charge on any atom is 0.166 e. The SMILES string of the molecule is COc1cccc(CNC(C)C)c1OC1CCCC(C)C1. The first-order valence-corrected chi connectivity index (χ1v) is 8.16. The van der Waals surface area contributed by atoms with Crippen molar-refractivity contribution < 1.29 is 9.47 Å². The standard InChI is InChI=1S/C18H29NO2/c1-13(2)19-12-15-8-6-10-17(20-4)18(15)21-16-9-5-7-14(3)11-16/h6,8,10,13-14,16,19H,5,7,9,11-12H2,1-4H3. The van der Waals surface area contributed by atoms with E-state index in [0.717, 1.165) is 36.8 Å². The summed E-state index contributed by atoms with van der Waals surface area (Å²) < 4.78 is 11.9. The summed E-state index contributed by atoms with van der Waals surface area (Å²) in [4.78, 5) is 0. The summed E-state index contributed by atoms with van der Waals surface area (Å²) in [7, 11) is 1.71. The Hall–Kier alpha value is -1.22. The zero-order chi connectivity index (χ0) is 15.2. The molecule has 0 bridgehead atoms. The first-order chi connectivity index (χ1) is 10.1. The van der Waals surface area contributed by atoms with Gasteiger partial charge in [0.1, 0.15) is 0 Å². The van der Waals surface area contributed by atoms with E-state index in [1.54, 1.807) is 7.11 Å². The van der Waals surface area contributed by atoms with Crippen molar-refractivity contribution in [3.05, 3.63) is 23.8 Å². The largest absolute Gasteiger partial charge is 0.493 e. The Labute approximate surface area is 129 Å². The molecule has 0 heterocycles. The van der Waals surface area contributed by atoms with E-state index in [-0.39, 0.29) is 0 Å². The van der Waals surface area contributed by atoms with E-state index < -0.39 is 0 Å². The molecular weight excluding hydrogens is 262 g/mol. The topological polar surface area (TPSA) is 30.5 Å². The Morgan fingerprint density at radius 1 is 1.29 bits per heavy atom. The molecule has 0 spiro atoms. The smallest absolute Gasteiger partial charge is 0.166 e. The summed E-state index contributed by atoms with van der Waals surface area (Å²) in [6.45, 7) is 7.44. The van der Waals surface area contributed by atoms with Gasteiger partial charge in [0, 0.05) is 18.2 Å². The van der Waals surface area contributed by atoms with Gasteiger partial charge in [-0.1, -0.05) is 39.3 Å². The highest BCUT2D eigenvalue weighted by molar-refractivity contribution is 5.46. The van der Waals surface area contributed by atoms with E-state index in [0.29, 0.717) is 12.1 Å². The highest BCUT2D eigenvalue weighted by atomic mass is 16.5. The molecule has 1 aliphatic carbocycles. The molecule has 1 saturated carbocycles. The lowest BCUT2D eigenvalue weighted by atomic mass is 9.88. The molecule has 1 N–H and O–H groups in total. The highest BCUT2D eigenvalue weighted by Gasteiger charge is 2.22. The van der Waals surface area contributed by atoms with E-state index >= 15 is 0 Å². The molecule has 118 valence electrons. The van der Waals surface area contributed by atoms with Gasteiger partial charge >= 0.3 is 0 Å². The van der Waals surface area contributed by atoms with Crippen LogP contribution in [0, 0.1) is 5.92 Å². The predicted molar refractivity (Wildman–Crippen MR) is 87.0 cm³/mol. The molecule has 0 radical (unpaired) electrons. The number of nitrogens with one attached hydrogen (secondary N) is 1. The van der Waals surface area contributed by atoms with E-state index in [1.165, 1.54) is 18.4 Å². The van der Waals surface area contributed by atoms with Gasteiger partial charge in [-0.2, -0.15) is 0 Å². The van der Waals surface area contributed by atoms with Crippen LogP contribution in [0.3, 0.4) is 0 Å². The Kier molecular flexibility index (Phi) is 5.92. The van der Waals surface area contributed by atoms with Crippen molar-refractivity contribution in [1.29, 1.82) is 0 Å². The average Bonchev–Trinajstić information content (AvgIpc) is 2.46. The number of hydrogen-bond acceptors (Lipinski definition) is 3. The van der Waals surface area contributed by atoms with Gasteiger partial charge < -0.3 is 14.8 Å². The molecule has 2 rings (SSSR count). The normalized spacial score (nSPS) is 22.3. The Bertz CT molecular complexity index is 445. The molecule has 0 amide bonds. The van der Waals surface area contributed by atoms with E-state index in [4.69, 9.17) is 9.47 Å². The number of para-hydroxylation sites is 1. The summed E-state index contributed by atoms with van der Waals surface area (Å²) in [5.41, 5.74) is 1.18. The van der Waals surface area contributed by atoms with Gasteiger partial charge in [0.15, 0.2) is 11.5 Å². The predicted octanol–water partition coefficient (Wildman–Crippen LogP) is 4.15. The fourth-order valence-electron chi connectivity index (χ4n) is 2.96. The summed E-state index contributed by atoms with van der Waals surface area (Å²) in [5.74, 6) is 2.53. The van der Waals surface area contributed by atoms with Crippen LogP contribution >= 0.6 is 0 Å². The van der Waals surface area contributed by atoms with E-state index in [1.807, 2.05) is 12.1 Å². The molecule has 1 aliphatic rings. The minimum Gasteiger partial charge on any atom is -0.493 e. The molecule has 0 saturated heterocycles. The van der Waals surface area contributed by atoms with Crippen LogP contribution in [0.5, 0.6) is 11.5 Å². The zero-order valence-electron chi connectivity index (χ0n) is 13.8. The summed E-state index contributed by atoms with van der Waals surface area (Å²) in [6, 6.07) is 6.60. The van der Waals surface area contributed by atoms with Gasteiger partial charge in [0.05, 0.1) is 13.2 Å². The summed E-state index contributed by atoms with van der Waals surface area (Å²) in [5, 5.41) is 3.46. The number of hydrogen-bond donors (Lipinski definition) is 1. The molecule has 0 aromatic heterocycles. The molecule has 1 fully saturated rings. The average molecular weight is 291 g/mol. The second-order valence-corrected chi connectivity index (χ2v) is 6.50. The second kappa shape index (κ2) is 7.69. The fraction of sp³-hybridized carbons (Fsp3) is 0.667. The molecule has 0 aliphatic heterocycles. The van der Waals surface area contributed by atoms with Gasteiger partial charge in [0.25, 0.3) is 0 Å². The van der Waals surface area contributed by atoms with Crippen molar-refractivity contribution in [3.63, 3.8) is 0 Å². The first-order valence-electron chi connectivity index (χ1n) is 8.16. The molecular formula is C18H29NO2. The maximum absolute atomic E-state index is 6.35. The van der Waals surface area contributed by atoms with Crippen LogP contribution in [0.1, 0.15) is 52.0 Å². The molecule has 3 heteroatoms. The van der Waals surface area contributed by atoms with Gasteiger partial charge in [0.2, 0.25) is 0 Å². The molecule has 2 unspecified atom stereocenters. The zero-order valence-corrected chi connectivity index (χ0v) is 13.8. The van der Waals surface area contributed by atoms with Crippen LogP contribution in [0.2, 0.25) is 0 Å². The molecule has 1 aromatic carbocycles. The van der Waals surface area contributed by atoms with Gasteiger partial charge in [-0.25, -0.2) is 0 Å². The Morgan fingerprint density at radius 2 is 2.10 bits per heavy atom. The fourth-order valence-corrected chi connectivity index (χ4v) is 2.96. The monoisotopic (exact) mass is 291 g/mol. The Balaban J connectivity index is 2.14. The lowest BCUT2D eigenvalue weighted by Gasteiger charge is -2.29. The van der Waals surface area contributed by atoms with Crippen molar-refractivity contribution in [2.75, 3.05) is 7.11 Å². The first kappa shape index (κ1) is 16.2. The maximum atomic E-state index is 6.35. The number of rotatable bonds is 6. The van der Waals surface area contributed by atoms with E-state index in [9.17, 15) is 0 Å². The third kappa shape index (κ3) is 4.63. The van der Waals surface area contributed by atoms with E-state index in [2.05, 4.69) is 32.2 Å². The van der Waals surface area contributed by atoms with Crippen LogP contribution in [0.15, 0.2) is 18.2 Å². The van der Waals surface area contributed by atoms with Gasteiger partial charge in [-0.15, -0.1) is 0 Å². The van der Waals surface area contributed by atoms with Gasteiger partial charge in [-0.3, -0.25) is 0 Å². The van der Waals surface area contributed by atoms with Crippen molar-refractivity contribution in [1.82, 2.24) is 5.32 Å². The third-order valence-corrected chi connectivity index (χ3v) is 4.15. The number of ether oxygens (including phenoxy) is 2. The van der Waals surface area contributed by atoms with Crippen molar-refractivity contribution >= 4 is 0 Å². The van der Waals surface area contributed by atoms with Crippen molar-refractivity contribution in [2.24, 2.45) is 5.92 Å². The molecule has 3 nitrogen and oxygen atoms in total. The molecule has 1 aromatic rings. The lowest BCUT2D eigenvalue weighted by molar-refractivity contribution is 0.123. The van der Waals surface area contributed by atoms with Crippen molar-refractivity contribution in [3.8, 4) is 11.5 Å². The van der Waals surface area contributed by atoms with Crippen LogP contribution in [0.25, 0.3) is 0 Å². The van der Waals surface area contributed by atoms with Gasteiger partial charge in [-0.05, 0) is 31.2 Å². The minimum absolute atomic E-state index is 0.322. The summed E-state index contributed by atoms with van der Waals surface area (Å²) in [6.07, 6.45) is 5.21. The second-order valence-electron chi connectivity index (χ2n) is 6.50. The van der Waals surface area contributed by atoms with Crippen LogP contribution in [-0.4, -0.2) is 19.3 Å². The van der Waals surface area contributed by atoms with Crippen LogP contribution in [-0.2, 0) is 6.54 Å². The Morgan fingerprint density at radius 3 is 2.76 bits per heavy atom. The number of benzene rings is 1. The van der Waals surface area contributed by atoms with Crippen LogP contribution < -0.4 is 14.8 Å². The summed E-state index contributed by atoms with van der Waals surface area (Å²) >= 11 is 0. The highest BCUT2D eigenvalue weighted by Crippen LogP contribution is 2.35. The number of methoxy groups -OCH3 is 1.